The summed E-state index contributed by atoms with van der Waals surface area (Å²) in [7, 11) is 0. The van der Waals surface area contributed by atoms with Gasteiger partial charge in [-0.05, 0) is 13.3 Å². The molecule has 0 spiro atoms. The van der Waals surface area contributed by atoms with Crippen LogP contribution in [0.3, 0.4) is 0 Å². The molecule has 8 heteroatoms. The second-order valence-electron chi connectivity index (χ2n) is 5.89. The first-order valence-corrected chi connectivity index (χ1v) is 7.71. The molecular weight excluding hydrogens is 300 g/mol. The highest BCUT2D eigenvalue weighted by Crippen LogP contribution is 2.26. The zero-order valence-corrected chi connectivity index (χ0v) is 13.1. The monoisotopic (exact) mass is 320 g/mol. The predicted octanol–water partition coefficient (Wildman–Crippen LogP) is 0.0221. The number of aliphatic carboxylic acids is 1. The lowest BCUT2D eigenvalue weighted by Gasteiger charge is -2.34. The molecule has 2 aliphatic rings. The number of piperazine rings is 1. The quantitative estimate of drug-likeness (QED) is 0.835. The molecule has 0 saturated carbocycles. The first-order valence-electron chi connectivity index (χ1n) is 7.71. The highest BCUT2D eigenvalue weighted by molar-refractivity contribution is 5.85. The number of anilines is 1. The Kier molecular flexibility index (Phi) is 4.42. The number of carbonyl (C=O) groups excluding carboxylic acids is 1. The number of nitrogens with zero attached hydrogens (tertiary/aromatic N) is 4. The lowest BCUT2D eigenvalue weighted by Crippen LogP contribution is -2.52. The molecule has 2 fully saturated rings. The van der Waals surface area contributed by atoms with Crippen molar-refractivity contribution >= 4 is 17.7 Å². The number of aryl methyl sites for hydroxylation is 1. The topological polar surface area (TPSA) is 95.9 Å². The Morgan fingerprint density at radius 3 is 2.91 bits per heavy atom. The van der Waals surface area contributed by atoms with Crippen LogP contribution >= 0.6 is 0 Å². The maximum atomic E-state index is 12.1. The molecular formula is C15H20N4O4. The van der Waals surface area contributed by atoms with E-state index in [0.29, 0.717) is 25.5 Å². The average Bonchev–Trinajstić information content (AvgIpc) is 3.02. The van der Waals surface area contributed by atoms with E-state index in [0.717, 1.165) is 24.5 Å². The molecule has 0 aliphatic carbocycles. The number of carbonyl (C=O) groups is 2. The third kappa shape index (κ3) is 3.58. The second-order valence-corrected chi connectivity index (χ2v) is 5.89. The van der Waals surface area contributed by atoms with E-state index in [9.17, 15) is 9.59 Å². The van der Waals surface area contributed by atoms with Gasteiger partial charge in [0, 0.05) is 31.7 Å². The number of aromatic nitrogens is 2. The fourth-order valence-electron chi connectivity index (χ4n) is 2.95. The molecule has 1 N–H and O–H groups in total. The number of carboxylic acids is 1. The van der Waals surface area contributed by atoms with E-state index in [-0.39, 0.29) is 24.9 Å². The normalized spacial score (nSPS) is 21.8. The van der Waals surface area contributed by atoms with Crippen LogP contribution in [0.1, 0.15) is 23.9 Å². The Labute approximate surface area is 134 Å². The lowest BCUT2D eigenvalue weighted by atomic mass is 10.0. The van der Waals surface area contributed by atoms with Crippen LogP contribution in [0.4, 0.5) is 5.82 Å². The van der Waals surface area contributed by atoms with Gasteiger partial charge < -0.3 is 19.6 Å². The molecule has 1 aromatic rings. The first kappa shape index (κ1) is 15.7. The standard InChI is InChI=1S/C15H20N4O4/c1-10-16-12(11-2-5-23-9-11)6-13(17-10)18-3-4-19(8-15(21)22)14(20)7-18/h6,11H,2-5,7-9H2,1H3,(H,21,22)/t11-/m1/s1. The van der Waals surface area contributed by atoms with Crippen molar-refractivity contribution in [3.63, 3.8) is 0 Å². The summed E-state index contributed by atoms with van der Waals surface area (Å²) in [5.74, 6) is 0.487. The summed E-state index contributed by atoms with van der Waals surface area (Å²) in [6.45, 7) is 4.10. The SMILES string of the molecule is Cc1nc([C@@H]2CCOC2)cc(N2CCN(CC(=O)O)C(=O)C2)n1. The van der Waals surface area contributed by atoms with E-state index in [1.54, 1.807) is 0 Å². The molecule has 0 radical (unpaired) electrons. The molecule has 1 atom stereocenters. The van der Waals surface area contributed by atoms with E-state index in [2.05, 4.69) is 9.97 Å². The molecule has 2 aliphatic heterocycles. The Bertz CT molecular complexity index is 615. The molecule has 2 saturated heterocycles. The van der Waals surface area contributed by atoms with Gasteiger partial charge in [0.1, 0.15) is 18.2 Å². The van der Waals surface area contributed by atoms with Crippen LogP contribution in [0.2, 0.25) is 0 Å². The van der Waals surface area contributed by atoms with Gasteiger partial charge in [0.2, 0.25) is 5.91 Å². The van der Waals surface area contributed by atoms with Gasteiger partial charge in [-0.3, -0.25) is 9.59 Å². The van der Waals surface area contributed by atoms with E-state index in [1.807, 2.05) is 17.9 Å². The zero-order chi connectivity index (χ0) is 16.4. The molecule has 0 unspecified atom stereocenters. The van der Waals surface area contributed by atoms with Crippen LogP contribution in [0.25, 0.3) is 0 Å². The summed E-state index contributed by atoms with van der Waals surface area (Å²) >= 11 is 0. The van der Waals surface area contributed by atoms with Crippen LogP contribution in [0.15, 0.2) is 6.07 Å². The summed E-state index contributed by atoms with van der Waals surface area (Å²) in [6.07, 6.45) is 0.946. The van der Waals surface area contributed by atoms with Gasteiger partial charge in [-0.15, -0.1) is 0 Å². The second kappa shape index (κ2) is 6.49. The van der Waals surface area contributed by atoms with Gasteiger partial charge in [-0.25, -0.2) is 9.97 Å². The van der Waals surface area contributed by atoms with E-state index in [1.165, 1.54) is 4.90 Å². The average molecular weight is 320 g/mol. The summed E-state index contributed by atoms with van der Waals surface area (Å²) in [5, 5.41) is 8.82. The molecule has 1 amide bonds. The van der Waals surface area contributed by atoms with Gasteiger partial charge in [0.15, 0.2) is 0 Å². The third-order valence-corrected chi connectivity index (χ3v) is 4.16. The fraction of sp³-hybridized carbons (Fsp3) is 0.600. The predicted molar refractivity (Wildman–Crippen MR) is 81.4 cm³/mol. The van der Waals surface area contributed by atoms with Gasteiger partial charge in [-0.2, -0.15) is 0 Å². The van der Waals surface area contributed by atoms with Crippen LogP contribution in [0, 0.1) is 6.92 Å². The highest BCUT2D eigenvalue weighted by Gasteiger charge is 2.27. The van der Waals surface area contributed by atoms with Crippen molar-refractivity contribution < 1.29 is 19.4 Å². The number of hydrogen-bond acceptors (Lipinski definition) is 6. The molecule has 23 heavy (non-hydrogen) atoms. The Morgan fingerprint density at radius 2 is 2.26 bits per heavy atom. The Morgan fingerprint density at radius 1 is 1.43 bits per heavy atom. The van der Waals surface area contributed by atoms with Crippen molar-refractivity contribution in [1.29, 1.82) is 0 Å². The minimum Gasteiger partial charge on any atom is -0.480 e. The molecule has 8 nitrogen and oxygen atoms in total. The highest BCUT2D eigenvalue weighted by atomic mass is 16.5. The minimum absolute atomic E-state index is 0.143. The van der Waals surface area contributed by atoms with Crippen molar-refractivity contribution in [2.24, 2.45) is 0 Å². The maximum absolute atomic E-state index is 12.1. The van der Waals surface area contributed by atoms with Crippen molar-refractivity contribution in [3.05, 3.63) is 17.6 Å². The Hall–Kier alpha value is -2.22. The number of rotatable bonds is 4. The minimum atomic E-state index is -0.992. The van der Waals surface area contributed by atoms with Gasteiger partial charge >= 0.3 is 5.97 Å². The molecule has 124 valence electrons. The van der Waals surface area contributed by atoms with E-state index in [4.69, 9.17) is 9.84 Å². The lowest BCUT2D eigenvalue weighted by molar-refractivity contribution is -0.144. The summed E-state index contributed by atoms with van der Waals surface area (Å²) in [4.78, 5) is 35.0. The number of hydrogen-bond donors (Lipinski definition) is 1. The van der Waals surface area contributed by atoms with Crippen LogP contribution < -0.4 is 4.90 Å². The van der Waals surface area contributed by atoms with Gasteiger partial charge in [0.05, 0.1) is 18.8 Å². The summed E-state index contributed by atoms with van der Waals surface area (Å²) < 4.78 is 5.41. The maximum Gasteiger partial charge on any atom is 0.323 e. The van der Waals surface area contributed by atoms with Gasteiger partial charge in [0.25, 0.3) is 0 Å². The van der Waals surface area contributed by atoms with Crippen LogP contribution in [0.5, 0.6) is 0 Å². The first-order chi connectivity index (χ1) is 11.0. The van der Waals surface area contributed by atoms with Crippen molar-refractivity contribution in [2.45, 2.75) is 19.3 Å². The summed E-state index contributed by atoms with van der Waals surface area (Å²) in [6, 6.07) is 1.92. The third-order valence-electron chi connectivity index (χ3n) is 4.16. The van der Waals surface area contributed by atoms with E-state index >= 15 is 0 Å². The van der Waals surface area contributed by atoms with Crippen LogP contribution in [-0.2, 0) is 14.3 Å². The molecule has 0 bridgehead atoms. The Balaban J connectivity index is 1.74. The zero-order valence-electron chi connectivity index (χ0n) is 13.1. The van der Waals surface area contributed by atoms with Crippen molar-refractivity contribution in [3.8, 4) is 0 Å². The number of carboxylic acid groups (broad SMARTS) is 1. The molecule has 3 rings (SSSR count). The molecule has 0 aromatic carbocycles. The number of amides is 1. The molecule has 3 heterocycles. The van der Waals surface area contributed by atoms with Gasteiger partial charge in [-0.1, -0.05) is 0 Å². The van der Waals surface area contributed by atoms with Crippen molar-refractivity contribution in [1.82, 2.24) is 14.9 Å². The van der Waals surface area contributed by atoms with Crippen molar-refractivity contribution in [2.75, 3.05) is 44.3 Å². The molecule has 1 aromatic heterocycles. The van der Waals surface area contributed by atoms with E-state index < -0.39 is 5.97 Å². The fourth-order valence-corrected chi connectivity index (χ4v) is 2.95. The number of ether oxygens (including phenoxy) is 1. The summed E-state index contributed by atoms with van der Waals surface area (Å²) in [5.41, 5.74) is 0.949. The smallest absolute Gasteiger partial charge is 0.323 e. The van der Waals surface area contributed by atoms with Crippen LogP contribution in [-0.4, -0.2) is 71.2 Å². The largest absolute Gasteiger partial charge is 0.480 e.